The van der Waals surface area contributed by atoms with Gasteiger partial charge in [0.2, 0.25) is 0 Å². The number of hydrogen-bond acceptors (Lipinski definition) is 10. The summed E-state index contributed by atoms with van der Waals surface area (Å²) in [7, 11) is -4.20. The molecule has 2 aromatic rings. The molecule has 1 aliphatic heterocycles. The minimum Gasteiger partial charge on any atom is -0.387 e. The number of hydrogen-bond donors (Lipinski definition) is 4. The molecule has 0 spiro atoms. The molecule has 4 atom stereocenters. The Morgan fingerprint density at radius 3 is 2.85 bits per heavy atom. The highest BCUT2D eigenvalue weighted by Crippen LogP contribution is 2.32. The maximum Gasteiger partial charge on any atom is 0.333 e. The number of nitrogens with zero attached hydrogens (tertiary/aromatic N) is 4. The van der Waals surface area contributed by atoms with Crippen LogP contribution in [0.25, 0.3) is 11.2 Å². The first-order valence-corrected chi connectivity index (χ1v) is 9.00. The molecule has 12 nitrogen and oxygen atoms in total. The van der Waals surface area contributed by atoms with E-state index in [2.05, 4.69) is 31.0 Å². The number of aliphatic hydroxyl groups excluding tert-OH is 2. The van der Waals surface area contributed by atoms with Gasteiger partial charge < -0.3 is 20.3 Å². The molecular weight excluding hydrogens is 368 g/mol. The number of rotatable bonds is 7. The first-order chi connectivity index (χ1) is 12.3. The van der Waals surface area contributed by atoms with E-state index in [4.69, 9.17) is 9.88 Å². The van der Waals surface area contributed by atoms with E-state index < -0.39 is 41.5 Å². The lowest BCUT2D eigenvalue weighted by molar-refractivity contribution is -0.0467. The molecule has 0 aromatic carbocycles. The Balaban J connectivity index is 1.86. The fourth-order valence-electron chi connectivity index (χ4n) is 2.59. The van der Waals surface area contributed by atoms with Crippen LogP contribution in [0.2, 0.25) is 0 Å². The average Bonchev–Trinajstić information content (AvgIpc) is 3.13. The van der Waals surface area contributed by atoms with Crippen molar-refractivity contribution in [2.45, 2.75) is 24.5 Å². The van der Waals surface area contributed by atoms with Crippen molar-refractivity contribution >= 4 is 27.3 Å². The van der Waals surface area contributed by atoms with Crippen LogP contribution in [0.3, 0.4) is 0 Å². The van der Waals surface area contributed by atoms with Crippen molar-refractivity contribution in [3.05, 3.63) is 25.3 Å². The van der Waals surface area contributed by atoms with Crippen LogP contribution in [-0.2, 0) is 19.2 Å². The molecule has 1 aliphatic rings. The number of anilines is 1. The van der Waals surface area contributed by atoms with Crippen LogP contribution < -0.4 is 10.5 Å². The van der Waals surface area contributed by atoms with E-state index >= 15 is 0 Å². The summed E-state index contributed by atoms with van der Waals surface area (Å²) in [5, 5.41) is 28.1. The van der Waals surface area contributed by atoms with Crippen molar-refractivity contribution < 1.29 is 27.6 Å². The normalized spacial score (nSPS) is 26.3. The van der Waals surface area contributed by atoms with E-state index in [1.807, 2.05) is 0 Å². The Morgan fingerprint density at radius 1 is 1.38 bits per heavy atom. The van der Waals surface area contributed by atoms with Crippen LogP contribution in [0.4, 0.5) is 5.82 Å². The highest BCUT2D eigenvalue weighted by molar-refractivity contribution is 7.84. The third-order valence-electron chi connectivity index (χ3n) is 3.78. The zero-order valence-corrected chi connectivity index (χ0v) is 14.3. The topological polar surface area (TPSA) is 175 Å². The number of nitrogens with two attached hydrogens (primary N) is 1. The third kappa shape index (κ3) is 3.67. The van der Waals surface area contributed by atoms with Gasteiger partial charge in [-0.1, -0.05) is 6.08 Å². The number of aromatic nitrogens is 4. The summed E-state index contributed by atoms with van der Waals surface area (Å²) in [6.07, 6.45) is -0.563. The van der Waals surface area contributed by atoms with E-state index in [1.165, 1.54) is 17.2 Å². The van der Waals surface area contributed by atoms with Crippen LogP contribution in [0.1, 0.15) is 6.23 Å². The smallest absolute Gasteiger partial charge is 0.333 e. The van der Waals surface area contributed by atoms with Gasteiger partial charge in [-0.25, -0.2) is 20.1 Å². The van der Waals surface area contributed by atoms with Gasteiger partial charge >= 0.3 is 10.3 Å². The first-order valence-electron chi connectivity index (χ1n) is 7.53. The van der Waals surface area contributed by atoms with E-state index in [0.29, 0.717) is 23.5 Å². The standard InChI is InChI=1S/C13H18N6O6S/c1-2-3-15-11-8-12(17-5-16-11)19(6-18-8)13-10(21)9(20)7(25-13)4-24-26(14,22)23/h2,5-7,9-10,13,20-21H,1,3-4H2,(H2,14,22,23)(H,15,16,17)/t7-,9-,10-,13-/m1/s1. The lowest BCUT2D eigenvalue weighted by Crippen LogP contribution is -2.35. The Kier molecular flexibility index (Phi) is 5.17. The molecule has 1 fully saturated rings. The van der Waals surface area contributed by atoms with Gasteiger partial charge in [-0.15, -0.1) is 6.58 Å². The summed E-state index contributed by atoms with van der Waals surface area (Å²) in [4.78, 5) is 12.4. The third-order valence-corrected chi connectivity index (χ3v) is 4.25. The highest BCUT2D eigenvalue weighted by Gasteiger charge is 2.44. The van der Waals surface area contributed by atoms with Crippen molar-refractivity contribution in [1.29, 1.82) is 0 Å². The predicted molar refractivity (Wildman–Crippen MR) is 89.0 cm³/mol. The lowest BCUT2D eigenvalue weighted by Gasteiger charge is -2.16. The van der Waals surface area contributed by atoms with E-state index in [-0.39, 0.29) is 0 Å². The van der Waals surface area contributed by atoms with E-state index in [9.17, 15) is 18.6 Å². The number of ether oxygens (including phenoxy) is 1. The second kappa shape index (κ2) is 7.22. The fourth-order valence-corrected chi connectivity index (χ4v) is 2.92. The van der Waals surface area contributed by atoms with Crippen LogP contribution in [-0.4, -0.2) is 69.6 Å². The summed E-state index contributed by atoms with van der Waals surface area (Å²) in [5.41, 5.74) is 0.791. The zero-order chi connectivity index (χ0) is 18.9. The Morgan fingerprint density at radius 2 is 2.15 bits per heavy atom. The summed E-state index contributed by atoms with van der Waals surface area (Å²) in [6.45, 7) is 3.53. The average molecular weight is 386 g/mol. The Hall–Kier alpha value is -2.16. The van der Waals surface area contributed by atoms with Crippen molar-refractivity contribution in [2.75, 3.05) is 18.5 Å². The summed E-state index contributed by atoms with van der Waals surface area (Å²) in [6, 6.07) is 0. The summed E-state index contributed by atoms with van der Waals surface area (Å²) in [5.74, 6) is 0.468. The summed E-state index contributed by atoms with van der Waals surface area (Å²) < 4.78 is 33.2. The summed E-state index contributed by atoms with van der Waals surface area (Å²) >= 11 is 0. The monoisotopic (exact) mass is 386 g/mol. The molecule has 0 amide bonds. The number of aliphatic hydroxyl groups is 2. The molecule has 26 heavy (non-hydrogen) atoms. The molecule has 3 heterocycles. The zero-order valence-electron chi connectivity index (χ0n) is 13.5. The molecule has 142 valence electrons. The van der Waals surface area contributed by atoms with Gasteiger partial charge in [-0.05, 0) is 0 Å². The SMILES string of the molecule is C=CCNc1ncnc2c1ncn2[C@@H]1O[C@H](COS(N)(=O)=O)[C@@H](O)[C@H]1O. The second-order valence-corrected chi connectivity index (χ2v) is 6.76. The first kappa shape index (κ1) is 18.6. The maximum atomic E-state index is 10.9. The van der Waals surface area contributed by atoms with Gasteiger partial charge in [0.15, 0.2) is 23.2 Å². The molecule has 0 bridgehead atoms. The quantitative estimate of drug-likeness (QED) is 0.400. The molecule has 0 radical (unpaired) electrons. The van der Waals surface area contributed by atoms with Crippen molar-refractivity contribution in [3.63, 3.8) is 0 Å². The largest absolute Gasteiger partial charge is 0.387 e. The van der Waals surface area contributed by atoms with Crippen LogP contribution in [0.5, 0.6) is 0 Å². The predicted octanol–water partition coefficient (Wildman–Crippen LogP) is -1.74. The second-order valence-electron chi connectivity index (χ2n) is 5.54. The molecule has 0 aliphatic carbocycles. The molecule has 5 N–H and O–H groups in total. The van der Waals surface area contributed by atoms with Gasteiger partial charge in [0.05, 0.1) is 12.9 Å². The van der Waals surface area contributed by atoms with Gasteiger partial charge in [-0.2, -0.15) is 8.42 Å². The van der Waals surface area contributed by atoms with Crippen molar-refractivity contribution in [1.82, 2.24) is 19.5 Å². The van der Waals surface area contributed by atoms with Crippen LogP contribution in [0.15, 0.2) is 25.3 Å². The number of fused-ring (bicyclic) bond motifs is 1. The molecule has 0 saturated carbocycles. The molecule has 3 rings (SSSR count). The molecule has 13 heteroatoms. The van der Waals surface area contributed by atoms with Crippen molar-refractivity contribution in [2.24, 2.45) is 5.14 Å². The van der Waals surface area contributed by atoms with Crippen molar-refractivity contribution in [3.8, 4) is 0 Å². The molecule has 1 saturated heterocycles. The van der Waals surface area contributed by atoms with Gasteiger partial charge in [0.25, 0.3) is 0 Å². The van der Waals surface area contributed by atoms with Gasteiger partial charge in [0, 0.05) is 6.54 Å². The van der Waals surface area contributed by atoms with E-state index in [1.54, 1.807) is 6.08 Å². The highest BCUT2D eigenvalue weighted by atomic mass is 32.2. The molecule has 0 unspecified atom stereocenters. The van der Waals surface area contributed by atoms with Crippen LogP contribution >= 0.6 is 0 Å². The fraction of sp³-hybridized carbons (Fsp3) is 0.462. The van der Waals surface area contributed by atoms with E-state index in [0.717, 1.165) is 0 Å². The van der Waals surface area contributed by atoms with Gasteiger partial charge in [-0.3, -0.25) is 8.75 Å². The number of nitrogens with one attached hydrogen (secondary N) is 1. The minimum atomic E-state index is -4.20. The Bertz CT molecular complexity index is 902. The molecular formula is C13H18N6O6S. The van der Waals surface area contributed by atoms with Gasteiger partial charge in [0.1, 0.15) is 24.6 Å². The van der Waals surface area contributed by atoms with Crippen LogP contribution in [0, 0.1) is 0 Å². The lowest BCUT2D eigenvalue weighted by atomic mass is 10.1. The Labute approximate surface area is 148 Å². The molecule has 2 aromatic heterocycles. The minimum absolute atomic E-state index is 0.357. The maximum absolute atomic E-state index is 10.9. The number of imidazole rings is 1.